The van der Waals surface area contributed by atoms with Crippen LogP contribution in [0.5, 0.6) is 0 Å². The number of carbonyl (C=O) groups excluding carboxylic acids is 1. The molecule has 2 aliphatic rings. The van der Waals surface area contributed by atoms with Gasteiger partial charge >= 0.3 is 0 Å². The van der Waals surface area contributed by atoms with Crippen LogP contribution < -0.4 is 0 Å². The molecule has 0 spiro atoms. The van der Waals surface area contributed by atoms with Crippen LogP contribution in [0, 0.1) is 17.8 Å². The van der Waals surface area contributed by atoms with Crippen LogP contribution in [0.15, 0.2) is 0 Å². The van der Waals surface area contributed by atoms with E-state index in [9.17, 15) is 4.79 Å². The van der Waals surface area contributed by atoms with Crippen molar-refractivity contribution in [1.29, 1.82) is 0 Å². The topological polar surface area (TPSA) is 20.3 Å². The molecule has 0 aromatic carbocycles. The lowest BCUT2D eigenvalue weighted by Crippen LogP contribution is -2.43. The standard InChI is InChI=1S/C14H25NO/c1-11(2)13-8-5-9-15(10-13)14(16)12-6-3-4-7-12/h11-13H,3-10H2,1-2H3/t13-/m1/s1. The highest BCUT2D eigenvalue weighted by atomic mass is 16.2. The maximum Gasteiger partial charge on any atom is 0.225 e. The molecule has 2 rings (SSSR count). The van der Waals surface area contributed by atoms with Gasteiger partial charge in [-0.2, -0.15) is 0 Å². The van der Waals surface area contributed by atoms with E-state index in [1.54, 1.807) is 0 Å². The summed E-state index contributed by atoms with van der Waals surface area (Å²) in [6.07, 6.45) is 7.33. The average Bonchev–Trinajstić information content (AvgIpc) is 2.81. The molecule has 1 heterocycles. The summed E-state index contributed by atoms with van der Waals surface area (Å²) in [6.45, 7) is 6.61. The zero-order chi connectivity index (χ0) is 11.5. The lowest BCUT2D eigenvalue weighted by molar-refractivity contribution is -0.137. The van der Waals surface area contributed by atoms with Crippen LogP contribution in [-0.4, -0.2) is 23.9 Å². The first-order chi connectivity index (χ1) is 7.68. The van der Waals surface area contributed by atoms with Crippen LogP contribution in [0.4, 0.5) is 0 Å². The minimum atomic E-state index is 0.367. The number of amides is 1. The Hall–Kier alpha value is -0.530. The highest BCUT2D eigenvalue weighted by Crippen LogP contribution is 2.30. The molecule has 1 saturated carbocycles. The summed E-state index contributed by atoms with van der Waals surface area (Å²) in [6, 6.07) is 0. The minimum Gasteiger partial charge on any atom is -0.342 e. The van der Waals surface area contributed by atoms with Gasteiger partial charge in [0.15, 0.2) is 0 Å². The summed E-state index contributed by atoms with van der Waals surface area (Å²) in [7, 11) is 0. The third kappa shape index (κ3) is 2.58. The quantitative estimate of drug-likeness (QED) is 0.704. The molecule has 0 bridgehead atoms. The maximum atomic E-state index is 12.3. The lowest BCUT2D eigenvalue weighted by atomic mass is 9.87. The molecule has 0 radical (unpaired) electrons. The molecule has 2 nitrogen and oxygen atoms in total. The van der Waals surface area contributed by atoms with Crippen molar-refractivity contribution in [3.63, 3.8) is 0 Å². The van der Waals surface area contributed by atoms with Crippen LogP contribution >= 0.6 is 0 Å². The van der Waals surface area contributed by atoms with Crippen molar-refractivity contribution in [3.05, 3.63) is 0 Å². The molecule has 92 valence electrons. The van der Waals surface area contributed by atoms with Crippen molar-refractivity contribution < 1.29 is 4.79 Å². The summed E-state index contributed by atoms with van der Waals surface area (Å²) < 4.78 is 0. The Morgan fingerprint density at radius 3 is 2.44 bits per heavy atom. The molecule has 16 heavy (non-hydrogen) atoms. The number of piperidine rings is 1. The highest BCUT2D eigenvalue weighted by Gasteiger charge is 2.31. The van der Waals surface area contributed by atoms with E-state index >= 15 is 0 Å². The van der Waals surface area contributed by atoms with Gasteiger partial charge in [-0.25, -0.2) is 0 Å². The van der Waals surface area contributed by atoms with E-state index in [4.69, 9.17) is 0 Å². The Morgan fingerprint density at radius 2 is 1.81 bits per heavy atom. The van der Waals surface area contributed by atoms with Crippen molar-refractivity contribution >= 4 is 5.91 Å². The van der Waals surface area contributed by atoms with Gasteiger partial charge in [0, 0.05) is 19.0 Å². The van der Waals surface area contributed by atoms with Gasteiger partial charge in [0.25, 0.3) is 0 Å². The van der Waals surface area contributed by atoms with E-state index in [1.807, 2.05) is 0 Å². The second-order valence-electron chi connectivity index (χ2n) is 5.91. The normalized spacial score (nSPS) is 27.7. The first-order valence-corrected chi connectivity index (χ1v) is 6.97. The number of hydrogen-bond acceptors (Lipinski definition) is 1. The van der Waals surface area contributed by atoms with E-state index in [2.05, 4.69) is 18.7 Å². The number of carbonyl (C=O) groups is 1. The van der Waals surface area contributed by atoms with Gasteiger partial charge in [-0.1, -0.05) is 26.7 Å². The van der Waals surface area contributed by atoms with Crippen LogP contribution in [0.3, 0.4) is 0 Å². The monoisotopic (exact) mass is 223 g/mol. The maximum absolute atomic E-state index is 12.3. The fourth-order valence-electron chi connectivity index (χ4n) is 3.19. The average molecular weight is 223 g/mol. The van der Waals surface area contributed by atoms with Crippen molar-refractivity contribution in [2.45, 2.75) is 52.4 Å². The smallest absolute Gasteiger partial charge is 0.225 e. The highest BCUT2D eigenvalue weighted by molar-refractivity contribution is 5.79. The molecule has 1 saturated heterocycles. The zero-order valence-electron chi connectivity index (χ0n) is 10.7. The summed E-state index contributed by atoms with van der Waals surface area (Å²) in [5, 5.41) is 0. The van der Waals surface area contributed by atoms with Crippen molar-refractivity contribution in [2.75, 3.05) is 13.1 Å². The molecule has 2 fully saturated rings. The van der Waals surface area contributed by atoms with Crippen LogP contribution in [-0.2, 0) is 4.79 Å². The Labute approximate surface area is 99.4 Å². The van der Waals surface area contributed by atoms with E-state index in [0.717, 1.165) is 37.8 Å². The largest absolute Gasteiger partial charge is 0.342 e. The first-order valence-electron chi connectivity index (χ1n) is 6.97. The predicted molar refractivity (Wildman–Crippen MR) is 66.1 cm³/mol. The molecule has 0 N–H and O–H groups in total. The lowest BCUT2D eigenvalue weighted by Gasteiger charge is -2.36. The molecule has 0 aromatic rings. The third-order valence-corrected chi connectivity index (χ3v) is 4.42. The third-order valence-electron chi connectivity index (χ3n) is 4.42. The van der Waals surface area contributed by atoms with Gasteiger partial charge in [-0.05, 0) is 37.5 Å². The number of nitrogens with zero attached hydrogens (tertiary/aromatic N) is 1. The molecule has 1 aliphatic heterocycles. The van der Waals surface area contributed by atoms with Gasteiger partial charge < -0.3 is 4.90 Å². The van der Waals surface area contributed by atoms with E-state index in [1.165, 1.54) is 25.7 Å². The predicted octanol–water partition coefficient (Wildman–Crippen LogP) is 3.07. The van der Waals surface area contributed by atoms with E-state index < -0.39 is 0 Å². The summed E-state index contributed by atoms with van der Waals surface area (Å²) in [5.74, 6) is 2.28. The molecular weight excluding hydrogens is 198 g/mol. The molecule has 2 heteroatoms. The van der Waals surface area contributed by atoms with Crippen LogP contribution in [0.2, 0.25) is 0 Å². The van der Waals surface area contributed by atoms with Gasteiger partial charge in [0.05, 0.1) is 0 Å². The van der Waals surface area contributed by atoms with Gasteiger partial charge in [0.1, 0.15) is 0 Å². The Morgan fingerprint density at radius 1 is 1.12 bits per heavy atom. The molecule has 0 unspecified atom stereocenters. The van der Waals surface area contributed by atoms with Crippen LogP contribution in [0.25, 0.3) is 0 Å². The molecule has 1 amide bonds. The Kier molecular flexibility index (Phi) is 3.88. The van der Waals surface area contributed by atoms with Gasteiger partial charge in [-0.15, -0.1) is 0 Å². The van der Waals surface area contributed by atoms with Crippen LogP contribution in [0.1, 0.15) is 52.4 Å². The molecule has 1 atom stereocenters. The van der Waals surface area contributed by atoms with Crippen molar-refractivity contribution in [2.24, 2.45) is 17.8 Å². The summed E-state index contributed by atoms with van der Waals surface area (Å²) in [5.41, 5.74) is 0. The molecular formula is C14H25NO. The SMILES string of the molecule is CC(C)[C@@H]1CCCN(C(=O)C2CCCC2)C1. The number of hydrogen-bond donors (Lipinski definition) is 0. The second kappa shape index (κ2) is 5.20. The van der Waals surface area contributed by atoms with Gasteiger partial charge in [0.2, 0.25) is 5.91 Å². The zero-order valence-corrected chi connectivity index (χ0v) is 10.7. The number of likely N-dealkylation sites (tertiary alicyclic amines) is 1. The Bertz CT molecular complexity index is 243. The fraction of sp³-hybridized carbons (Fsp3) is 0.929. The summed E-state index contributed by atoms with van der Waals surface area (Å²) >= 11 is 0. The second-order valence-corrected chi connectivity index (χ2v) is 5.91. The molecule has 0 aromatic heterocycles. The fourth-order valence-corrected chi connectivity index (χ4v) is 3.19. The van der Waals surface area contributed by atoms with E-state index in [-0.39, 0.29) is 0 Å². The molecule has 1 aliphatic carbocycles. The number of rotatable bonds is 2. The Balaban J connectivity index is 1.90. The summed E-state index contributed by atoms with van der Waals surface area (Å²) in [4.78, 5) is 14.5. The van der Waals surface area contributed by atoms with E-state index in [0.29, 0.717) is 11.8 Å². The first kappa shape index (κ1) is 11.9. The van der Waals surface area contributed by atoms with Gasteiger partial charge in [-0.3, -0.25) is 4.79 Å². The minimum absolute atomic E-state index is 0.367. The van der Waals surface area contributed by atoms with Crippen molar-refractivity contribution in [1.82, 2.24) is 4.90 Å². The van der Waals surface area contributed by atoms with Crippen molar-refractivity contribution in [3.8, 4) is 0 Å².